The first-order valence-electron chi connectivity index (χ1n) is 12.7. The van der Waals surface area contributed by atoms with Gasteiger partial charge in [0, 0.05) is 37.4 Å². The van der Waals surface area contributed by atoms with Gasteiger partial charge in [-0.2, -0.15) is 0 Å². The summed E-state index contributed by atoms with van der Waals surface area (Å²) in [6.07, 6.45) is 7.27. The van der Waals surface area contributed by atoms with Crippen LogP contribution in [0.4, 0.5) is 0 Å². The molecule has 0 saturated carbocycles. The summed E-state index contributed by atoms with van der Waals surface area (Å²) in [6.45, 7) is 12.7. The summed E-state index contributed by atoms with van der Waals surface area (Å²) < 4.78 is 8.19. The molecule has 0 aliphatic carbocycles. The van der Waals surface area contributed by atoms with Gasteiger partial charge in [0.2, 0.25) is 0 Å². The minimum atomic E-state index is 0.205. The van der Waals surface area contributed by atoms with Crippen LogP contribution in [-0.2, 0) is 6.54 Å². The summed E-state index contributed by atoms with van der Waals surface area (Å²) in [5.74, 6) is 2.16. The van der Waals surface area contributed by atoms with Crippen LogP contribution in [0.1, 0.15) is 63.8 Å². The van der Waals surface area contributed by atoms with Crippen molar-refractivity contribution in [3.05, 3.63) is 35.7 Å². The SMILES string of the molecule is CC(C)NC(=N)c1cn2c(n1)-c1cc(C(C)N3CCC(N4CCCC4)CC3)ccc1OCC2. The van der Waals surface area contributed by atoms with Crippen molar-refractivity contribution in [1.82, 2.24) is 24.7 Å². The zero-order valence-electron chi connectivity index (χ0n) is 20.3. The third-order valence-corrected chi connectivity index (χ3v) is 7.49. The first kappa shape index (κ1) is 22.4. The van der Waals surface area contributed by atoms with Gasteiger partial charge in [-0.3, -0.25) is 10.3 Å². The lowest BCUT2D eigenvalue weighted by Gasteiger charge is -2.39. The maximum atomic E-state index is 8.37. The Morgan fingerprint density at radius 2 is 1.85 bits per heavy atom. The summed E-state index contributed by atoms with van der Waals surface area (Å²) in [5.41, 5.74) is 3.03. The highest BCUT2D eigenvalue weighted by Gasteiger charge is 2.29. The molecule has 178 valence electrons. The molecule has 4 heterocycles. The number of hydrogen-bond donors (Lipinski definition) is 2. The van der Waals surface area contributed by atoms with Crippen LogP contribution in [0.3, 0.4) is 0 Å². The van der Waals surface area contributed by atoms with Crippen molar-refractivity contribution in [2.45, 2.75) is 71.1 Å². The van der Waals surface area contributed by atoms with E-state index in [9.17, 15) is 0 Å². The van der Waals surface area contributed by atoms with E-state index in [0.717, 1.165) is 42.8 Å². The van der Waals surface area contributed by atoms with Crippen LogP contribution in [0.2, 0.25) is 0 Å². The molecule has 33 heavy (non-hydrogen) atoms. The highest BCUT2D eigenvalue weighted by atomic mass is 16.5. The molecule has 1 atom stereocenters. The second-order valence-corrected chi connectivity index (χ2v) is 10.1. The Morgan fingerprint density at radius 3 is 2.58 bits per heavy atom. The van der Waals surface area contributed by atoms with Gasteiger partial charge in [-0.1, -0.05) is 6.07 Å². The lowest BCUT2D eigenvalue weighted by molar-refractivity contribution is 0.102. The molecule has 1 unspecified atom stereocenters. The third kappa shape index (κ3) is 4.66. The van der Waals surface area contributed by atoms with Crippen LogP contribution < -0.4 is 10.1 Å². The second-order valence-electron chi connectivity index (χ2n) is 10.1. The number of fused-ring (bicyclic) bond motifs is 3. The fourth-order valence-electron chi connectivity index (χ4n) is 5.60. The Balaban J connectivity index is 1.35. The molecule has 3 aliphatic rings. The zero-order chi connectivity index (χ0) is 22.9. The number of hydrogen-bond acceptors (Lipinski definition) is 5. The van der Waals surface area contributed by atoms with Crippen molar-refractivity contribution in [3.8, 4) is 17.1 Å². The summed E-state index contributed by atoms with van der Waals surface area (Å²) in [6, 6.07) is 7.94. The highest BCUT2D eigenvalue weighted by molar-refractivity contribution is 5.95. The average molecular weight is 451 g/mol. The normalized spacial score (nSPS) is 20.7. The fraction of sp³-hybridized carbons (Fsp3) is 0.615. The van der Waals surface area contributed by atoms with E-state index < -0.39 is 0 Å². The zero-order valence-corrected chi connectivity index (χ0v) is 20.3. The Labute approximate surface area is 197 Å². The molecule has 2 aromatic rings. The molecule has 0 radical (unpaired) electrons. The van der Waals surface area contributed by atoms with Gasteiger partial charge in [-0.25, -0.2) is 4.98 Å². The molecule has 0 amide bonds. The molecule has 7 heteroatoms. The Morgan fingerprint density at radius 1 is 1.09 bits per heavy atom. The summed E-state index contributed by atoms with van der Waals surface area (Å²) >= 11 is 0. The third-order valence-electron chi connectivity index (χ3n) is 7.49. The summed E-state index contributed by atoms with van der Waals surface area (Å²) in [5, 5.41) is 11.5. The van der Waals surface area contributed by atoms with E-state index in [-0.39, 0.29) is 6.04 Å². The number of nitrogens with one attached hydrogen (secondary N) is 2. The summed E-state index contributed by atoms with van der Waals surface area (Å²) in [4.78, 5) is 10.2. The minimum absolute atomic E-state index is 0.205. The van der Waals surface area contributed by atoms with Gasteiger partial charge in [0.05, 0.1) is 12.1 Å². The van der Waals surface area contributed by atoms with Gasteiger partial charge in [0.25, 0.3) is 0 Å². The molecule has 3 aliphatic heterocycles. The second kappa shape index (κ2) is 9.47. The molecule has 7 nitrogen and oxygen atoms in total. The maximum absolute atomic E-state index is 8.37. The van der Waals surface area contributed by atoms with E-state index in [1.54, 1.807) is 0 Å². The van der Waals surface area contributed by atoms with Gasteiger partial charge < -0.3 is 19.5 Å². The van der Waals surface area contributed by atoms with Gasteiger partial charge in [0.1, 0.15) is 29.7 Å². The van der Waals surface area contributed by atoms with Crippen molar-refractivity contribution in [3.63, 3.8) is 0 Å². The highest BCUT2D eigenvalue weighted by Crippen LogP contribution is 2.36. The average Bonchev–Trinajstić information content (AvgIpc) is 3.46. The van der Waals surface area contributed by atoms with Gasteiger partial charge in [-0.05, 0) is 77.2 Å². The maximum Gasteiger partial charge on any atom is 0.146 e. The fourth-order valence-corrected chi connectivity index (χ4v) is 5.60. The van der Waals surface area contributed by atoms with Gasteiger partial charge in [0.15, 0.2) is 0 Å². The smallest absolute Gasteiger partial charge is 0.146 e. The number of nitrogens with zero attached hydrogens (tertiary/aromatic N) is 4. The number of rotatable bonds is 5. The number of aromatic nitrogens is 2. The molecular formula is C26H38N6O. The molecule has 0 spiro atoms. The Bertz CT molecular complexity index is 985. The predicted molar refractivity (Wildman–Crippen MR) is 132 cm³/mol. The lowest BCUT2D eigenvalue weighted by Crippen LogP contribution is -2.44. The standard InChI is InChI=1S/C26H38N6O/c1-18(2)28-25(27)23-17-32-14-15-33-24-7-6-20(16-22(24)26(32)29-23)19(3)30-12-8-21(9-13-30)31-10-4-5-11-31/h6-7,16-19,21H,4-5,8-15H2,1-3H3,(H2,27,28). The number of imidazole rings is 1. The van der Waals surface area contributed by atoms with Crippen LogP contribution >= 0.6 is 0 Å². The molecule has 1 aromatic carbocycles. The number of benzene rings is 1. The Hall–Kier alpha value is -2.38. The number of piperidine rings is 1. The van der Waals surface area contributed by atoms with Crippen LogP contribution in [-0.4, -0.2) is 70.1 Å². The van der Waals surface area contributed by atoms with Crippen molar-refractivity contribution in [2.75, 3.05) is 32.8 Å². The van der Waals surface area contributed by atoms with E-state index in [0.29, 0.717) is 24.2 Å². The molecule has 5 rings (SSSR count). The molecule has 1 aromatic heterocycles. The molecule has 2 N–H and O–H groups in total. The molecule has 2 saturated heterocycles. The monoisotopic (exact) mass is 450 g/mol. The minimum Gasteiger partial charge on any atom is -0.491 e. The van der Waals surface area contributed by atoms with E-state index in [1.807, 2.05) is 20.0 Å². The Kier molecular flexibility index (Phi) is 6.43. The topological polar surface area (TPSA) is 69.4 Å². The van der Waals surface area contributed by atoms with Crippen LogP contribution in [0.5, 0.6) is 5.75 Å². The van der Waals surface area contributed by atoms with E-state index >= 15 is 0 Å². The quantitative estimate of drug-likeness (QED) is 0.534. The van der Waals surface area contributed by atoms with Crippen LogP contribution in [0.15, 0.2) is 24.4 Å². The van der Waals surface area contributed by atoms with E-state index in [1.165, 1.54) is 44.3 Å². The van der Waals surface area contributed by atoms with Crippen molar-refractivity contribution in [1.29, 1.82) is 5.41 Å². The first-order chi connectivity index (χ1) is 16.0. The van der Waals surface area contributed by atoms with Gasteiger partial charge in [-0.15, -0.1) is 0 Å². The summed E-state index contributed by atoms with van der Waals surface area (Å²) in [7, 11) is 0. The van der Waals surface area contributed by atoms with Gasteiger partial charge >= 0.3 is 0 Å². The molecule has 2 fully saturated rings. The molecular weight excluding hydrogens is 412 g/mol. The van der Waals surface area contributed by atoms with E-state index in [2.05, 4.69) is 44.8 Å². The molecule has 0 bridgehead atoms. The number of amidine groups is 1. The predicted octanol–water partition coefficient (Wildman–Crippen LogP) is 3.89. The van der Waals surface area contributed by atoms with Crippen LogP contribution in [0, 0.1) is 5.41 Å². The largest absolute Gasteiger partial charge is 0.491 e. The van der Waals surface area contributed by atoms with Crippen molar-refractivity contribution >= 4 is 5.84 Å². The van der Waals surface area contributed by atoms with Crippen molar-refractivity contribution in [2.24, 2.45) is 0 Å². The lowest BCUT2D eigenvalue weighted by atomic mass is 9.98. The number of likely N-dealkylation sites (tertiary alicyclic amines) is 2. The van der Waals surface area contributed by atoms with Crippen LogP contribution in [0.25, 0.3) is 11.4 Å². The first-order valence-corrected chi connectivity index (χ1v) is 12.7. The van der Waals surface area contributed by atoms with E-state index in [4.69, 9.17) is 15.1 Å². The number of ether oxygens (including phenoxy) is 1. The van der Waals surface area contributed by atoms with Crippen molar-refractivity contribution < 1.29 is 4.74 Å².